The Bertz CT molecular complexity index is 1200. The van der Waals surface area contributed by atoms with Gasteiger partial charge in [0.15, 0.2) is 5.79 Å². The number of piperidine rings is 1. The van der Waals surface area contributed by atoms with Crippen LogP contribution in [0.25, 0.3) is 0 Å². The van der Waals surface area contributed by atoms with Crippen molar-refractivity contribution in [1.82, 2.24) is 19.0 Å². The molecule has 3 aliphatic heterocycles. The van der Waals surface area contributed by atoms with Crippen molar-refractivity contribution in [1.29, 1.82) is 0 Å². The molecule has 0 aliphatic carbocycles. The van der Waals surface area contributed by atoms with E-state index in [1.807, 2.05) is 31.2 Å². The molecule has 0 N–H and O–H groups in total. The molecule has 3 fully saturated rings. The fourth-order valence-electron chi connectivity index (χ4n) is 5.07. The molecule has 5 rings (SSSR count). The lowest BCUT2D eigenvalue weighted by Crippen LogP contribution is -2.49. The van der Waals surface area contributed by atoms with Crippen molar-refractivity contribution in [2.75, 3.05) is 57.4 Å². The first-order valence-corrected chi connectivity index (χ1v) is 14.3. The summed E-state index contributed by atoms with van der Waals surface area (Å²) < 4.78 is 42.0. The number of benzene rings is 1. The normalized spacial score (nSPS) is 20.8. The fraction of sp³-hybridized carbons (Fsp3) is 0.583. The van der Waals surface area contributed by atoms with Crippen LogP contribution in [0.4, 0.5) is 5.69 Å². The van der Waals surface area contributed by atoms with Gasteiger partial charge in [0.1, 0.15) is 0 Å². The van der Waals surface area contributed by atoms with Crippen molar-refractivity contribution in [3.05, 3.63) is 41.0 Å². The van der Waals surface area contributed by atoms with Gasteiger partial charge in [0.05, 0.1) is 18.8 Å². The number of piperazine rings is 1. The monoisotopic (exact) mass is 537 g/mol. The summed E-state index contributed by atoms with van der Waals surface area (Å²) in [6, 6.07) is 7.53. The molecule has 10 nitrogen and oxygen atoms in total. The molecule has 3 aliphatic rings. The summed E-state index contributed by atoms with van der Waals surface area (Å²) in [6.45, 7) is 6.15. The van der Waals surface area contributed by atoms with Crippen LogP contribution in [-0.4, -0.2) is 91.6 Å². The average Bonchev–Trinajstić information content (AvgIpc) is 3.52. The number of ether oxygens (including phenoxy) is 2. The first-order chi connectivity index (χ1) is 17.3. The number of carbonyl (C=O) groups is 1. The highest BCUT2D eigenvalue weighted by Crippen LogP contribution is 2.32. The summed E-state index contributed by atoms with van der Waals surface area (Å²) in [5.41, 5.74) is 1.09. The second kappa shape index (κ2) is 10.3. The third-order valence-corrected chi connectivity index (χ3v) is 9.10. The molecule has 12 heteroatoms. The van der Waals surface area contributed by atoms with Gasteiger partial charge >= 0.3 is 0 Å². The van der Waals surface area contributed by atoms with Crippen LogP contribution >= 0.6 is 11.6 Å². The van der Waals surface area contributed by atoms with Gasteiger partial charge in [-0.3, -0.25) is 9.48 Å². The first-order valence-electron chi connectivity index (χ1n) is 12.5. The number of halogens is 1. The Balaban J connectivity index is 1.33. The second-order valence-corrected chi connectivity index (χ2v) is 11.7. The van der Waals surface area contributed by atoms with E-state index in [4.69, 9.17) is 21.1 Å². The summed E-state index contributed by atoms with van der Waals surface area (Å²) in [5.74, 6) is -0.929. The summed E-state index contributed by atoms with van der Waals surface area (Å²) >= 11 is 6.13. The van der Waals surface area contributed by atoms with Gasteiger partial charge in [-0.05, 0) is 24.6 Å². The molecular weight excluding hydrogens is 506 g/mol. The van der Waals surface area contributed by atoms with E-state index in [2.05, 4.69) is 10.00 Å². The van der Waals surface area contributed by atoms with Crippen LogP contribution in [0.5, 0.6) is 0 Å². The van der Waals surface area contributed by atoms with Gasteiger partial charge in [-0.15, -0.1) is 0 Å². The van der Waals surface area contributed by atoms with E-state index in [9.17, 15) is 13.2 Å². The Morgan fingerprint density at radius 3 is 2.42 bits per heavy atom. The SMILES string of the molecule is CCCn1cc(C(=O)N2CCC3(CC2)OCCO3)c(S(=O)(=O)N2CCN(c3cccc(Cl)c3)CC2)n1. The Morgan fingerprint density at radius 1 is 1.08 bits per heavy atom. The molecular formula is C24H32ClN5O5S. The Labute approximate surface area is 216 Å². The highest BCUT2D eigenvalue weighted by atomic mass is 35.5. The number of nitrogens with zero attached hydrogens (tertiary/aromatic N) is 5. The maximum Gasteiger partial charge on any atom is 0.263 e. The number of sulfonamides is 1. The molecule has 1 aromatic carbocycles. The van der Waals surface area contributed by atoms with Crippen LogP contribution in [0.1, 0.15) is 36.5 Å². The lowest BCUT2D eigenvalue weighted by atomic mass is 10.0. The molecule has 4 heterocycles. The molecule has 3 saturated heterocycles. The largest absolute Gasteiger partial charge is 0.369 e. The van der Waals surface area contributed by atoms with Gasteiger partial charge in [0.25, 0.3) is 15.9 Å². The molecule has 1 amide bonds. The Kier molecular flexibility index (Phi) is 7.28. The van der Waals surface area contributed by atoms with Crippen molar-refractivity contribution in [3.8, 4) is 0 Å². The standard InChI is InChI=1S/C24H32ClN5O5S/c1-2-8-29-18-21(23(31)28-9-6-24(7-10-28)34-15-16-35-24)22(26-29)36(32,33)30-13-11-27(12-14-30)20-5-3-4-19(25)17-20/h3-5,17-18H,2,6-16H2,1H3. The highest BCUT2D eigenvalue weighted by molar-refractivity contribution is 7.89. The lowest BCUT2D eigenvalue weighted by Gasteiger charge is -2.37. The topological polar surface area (TPSA) is 97.2 Å². The number of likely N-dealkylation sites (tertiary alicyclic amines) is 1. The van der Waals surface area contributed by atoms with E-state index in [-0.39, 0.29) is 16.5 Å². The maximum absolute atomic E-state index is 13.7. The molecule has 1 spiro atoms. The number of anilines is 1. The zero-order valence-corrected chi connectivity index (χ0v) is 22.0. The number of aromatic nitrogens is 2. The summed E-state index contributed by atoms with van der Waals surface area (Å²) in [5, 5.41) is 4.86. The molecule has 1 aromatic heterocycles. The van der Waals surface area contributed by atoms with E-state index in [1.165, 1.54) is 4.31 Å². The third-order valence-electron chi connectivity index (χ3n) is 7.03. The van der Waals surface area contributed by atoms with Gasteiger partial charge in [-0.1, -0.05) is 24.6 Å². The minimum absolute atomic E-state index is 0.130. The Morgan fingerprint density at radius 2 is 1.78 bits per heavy atom. The number of hydrogen-bond acceptors (Lipinski definition) is 7. The van der Waals surface area contributed by atoms with Crippen LogP contribution in [0.15, 0.2) is 35.5 Å². The van der Waals surface area contributed by atoms with Crippen LogP contribution in [-0.2, 0) is 26.0 Å². The quantitative estimate of drug-likeness (QED) is 0.558. The Hall–Kier alpha value is -2.18. The third kappa shape index (κ3) is 4.99. The minimum atomic E-state index is -3.96. The van der Waals surface area contributed by atoms with E-state index in [0.29, 0.717) is 76.9 Å². The summed E-state index contributed by atoms with van der Waals surface area (Å²) in [4.78, 5) is 17.3. The summed E-state index contributed by atoms with van der Waals surface area (Å²) in [7, 11) is -3.96. The molecule has 0 bridgehead atoms. The minimum Gasteiger partial charge on any atom is -0.369 e. The molecule has 0 saturated carbocycles. The van der Waals surface area contributed by atoms with Crippen molar-refractivity contribution < 1.29 is 22.7 Å². The zero-order chi connectivity index (χ0) is 25.3. The number of hydrogen-bond donors (Lipinski definition) is 0. The molecule has 2 aromatic rings. The van der Waals surface area contributed by atoms with E-state index in [1.54, 1.807) is 15.8 Å². The number of rotatable bonds is 6. The molecule has 36 heavy (non-hydrogen) atoms. The van der Waals surface area contributed by atoms with Gasteiger partial charge in [-0.2, -0.15) is 9.40 Å². The van der Waals surface area contributed by atoms with Gasteiger partial charge < -0.3 is 19.3 Å². The van der Waals surface area contributed by atoms with Gasteiger partial charge in [-0.25, -0.2) is 8.42 Å². The van der Waals surface area contributed by atoms with Crippen LogP contribution < -0.4 is 4.90 Å². The van der Waals surface area contributed by atoms with Crippen LogP contribution in [0, 0.1) is 0 Å². The predicted octanol–water partition coefficient (Wildman–Crippen LogP) is 2.44. The van der Waals surface area contributed by atoms with Crippen molar-refractivity contribution in [2.45, 2.75) is 43.5 Å². The smallest absolute Gasteiger partial charge is 0.263 e. The van der Waals surface area contributed by atoms with Gasteiger partial charge in [0, 0.05) is 75.6 Å². The second-order valence-electron chi connectivity index (χ2n) is 9.38. The average molecular weight is 538 g/mol. The highest BCUT2D eigenvalue weighted by Gasteiger charge is 2.42. The van der Waals surface area contributed by atoms with Crippen molar-refractivity contribution in [3.63, 3.8) is 0 Å². The lowest BCUT2D eigenvalue weighted by molar-refractivity contribution is -0.181. The fourth-order valence-corrected chi connectivity index (χ4v) is 6.77. The molecule has 0 unspecified atom stereocenters. The molecule has 0 atom stereocenters. The van der Waals surface area contributed by atoms with Gasteiger partial charge in [0.2, 0.25) is 5.03 Å². The van der Waals surface area contributed by atoms with E-state index in [0.717, 1.165) is 12.1 Å². The number of aryl methyl sites for hydroxylation is 1. The zero-order valence-electron chi connectivity index (χ0n) is 20.4. The molecule has 0 radical (unpaired) electrons. The number of amides is 1. The van der Waals surface area contributed by atoms with E-state index >= 15 is 0 Å². The van der Waals surface area contributed by atoms with Crippen molar-refractivity contribution in [2.24, 2.45) is 0 Å². The van der Waals surface area contributed by atoms with E-state index < -0.39 is 15.8 Å². The molecule has 196 valence electrons. The summed E-state index contributed by atoms with van der Waals surface area (Å²) in [6.07, 6.45) is 3.48. The van der Waals surface area contributed by atoms with Crippen LogP contribution in [0.2, 0.25) is 5.02 Å². The first kappa shape index (κ1) is 25.5. The van der Waals surface area contributed by atoms with Crippen molar-refractivity contribution >= 4 is 33.2 Å². The van der Waals surface area contributed by atoms with Crippen LogP contribution in [0.3, 0.4) is 0 Å². The number of carbonyl (C=O) groups excluding carboxylic acids is 1. The predicted molar refractivity (Wildman–Crippen MR) is 135 cm³/mol. The maximum atomic E-state index is 13.7.